The molecule has 3 atom stereocenters. The Morgan fingerprint density at radius 2 is 2.04 bits per heavy atom. The number of rotatable bonds is 4. The Kier molecular flexibility index (Phi) is 4.46. The molecule has 4 heterocycles. The van der Waals surface area contributed by atoms with Crippen molar-refractivity contribution in [3.05, 3.63) is 11.6 Å². The summed E-state index contributed by atoms with van der Waals surface area (Å²) < 4.78 is 1.65. The molecule has 4 rings (SSSR count). The van der Waals surface area contributed by atoms with Gasteiger partial charge in [0, 0.05) is 12.0 Å². The molecule has 0 saturated carbocycles. The SMILES string of the molecule is CC(c1nnn[nH]1)n1nnc2c(N3CC[C@H](O)[C@@H]3CO)nc(C(C)(C)C)nc21. The summed E-state index contributed by atoms with van der Waals surface area (Å²) in [7, 11) is 0. The van der Waals surface area contributed by atoms with E-state index in [-0.39, 0.29) is 18.1 Å². The molecule has 0 radical (unpaired) electrons. The average Bonchev–Trinajstić information content (AvgIpc) is 3.38. The van der Waals surface area contributed by atoms with Gasteiger partial charge in [-0.1, -0.05) is 26.0 Å². The normalized spacial score (nSPS) is 21.6. The maximum atomic E-state index is 10.2. The van der Waals surface area contributed by atoms with Crippen molar-refractivity contribution in [1.29, 1.82) is 0 Å². The average molecular weight is 388 g/mol. The minimum absolute atomic E-state index is 0.175. The van der Waals surface area contributed by atoms with Crippen LogP contribution < -0.4 is 4.90 Å². The zero-order valence-corrected chi connectivity index (χ0v) is 16.3. The smallest absolute Gasteiger partial charge is 0.184 e. The van der Waals surface area contributed by atoms with Crippen molar-refractivity contribution >= 4 is 17.0 Å². The zero-order valence-electron chi connectivity index (χ0n) is 16.3. The predicted molar refractivity (Wildman–Crippen MR) is 98.7 cm³/mol. The lowest BCUT2D eigenvalue weighted by molar-refractivity contribution is 0.128. The van der Waals surface area contributed by atoms with Crippen LogP contribution in [0.25, 0.3) is 11.2 Å². The summed E-state index contributed by atoms with van der Waals surface area (Å²) in [6.45, 7) is 8.36. The zero-order chi connectivity index (χ0) is 20.1. The van der Waals surface area contributed by atoms with Crippen LogP contribution in [0.1, 0.15) is 51.8 Å². The Hall–Kier alpha value is -2.73. The number of aromatic nitrogens is 9. The van der Waals surface area contributed by atoms with Gasteiger partial charge in [0.15, 0.2) is 22.8 Å². The molecule has 0 spiro atoms. The van der Waals surface area contributed by atoms with Crippen molar-refractivity contribution in [2.24, 2.45) is 0 Å². The third kappa shape index (κ3) is 2.98. The second-order valence-corrected chi connectivity index (χ2v) is 8.09. The van der Waals surface area contributed by atoms with Gasteiger partial charge >= 0.3 is 0 Å². The summed E-state index contributed by atoms with van der Waals surface area (Å²) in [4.78, 5) is 11.4. The van der Waals surface area contributed by atoms with Gasteiger partial charge in [0.25, 0.3) is 0 Å². The van der Waals surface area contributed by atoms with Crippen LogP contribution in [-0.2, 0) is 5.41 Å². The number of tetrazole rings is 1. The van der Waals surface area contributed by atoms with Gasteiger partial charge in [0.1, 0.15) is 11.9 Å². The lowest BCUT2D eigenvalue weighted by Gasteiger charge is -2.27. The summed E-state index contributed by atoms with van der Waals surface area (Å²) >= 11 is 0. The van der Waals surface area contributed by atoms with E-state index in [1.54, 1.807) is 4.68 Å². The van der Waals surface area contributed by atoms with Gasteiger partial charge in [-0.3, -0.25) is 0 Å². The highest BCUT2D eigenvalue weighted by molar-refractivity contribution is 5.83. The van der Waals surface area contributed by atoms with E-state index in [1.807, 2.05) is 32.6 Å². The molecule has 3 aromatic rings. The Morgan fingerprint density at radius 1 is 1.25 bits per heavy atom. The molecule has 1 aliphatic heterocycles. The van der Waals surface area contributed by atoms with E-state index < -0.39 is 12.1 Å². The second kappa shape index (κ2) is 6.71. The van der Waals surface area contributed by atoms with Crippen molar-refractivity contribution in [1.82, 2.24) is 45.6 Å². The fourth-order valence-electron chi connectivity index (χ4n) is 3.39. The first kappa shape index (κ1) is 18.6. The highest BCUT2D eigenvalue weighted by atomic mass is 16.3. The molecule has 0 aromatic carbocycles. The quantitative estimate of drug-likeness (QED) is 0.536. The highest BCUT2D eigenvalue weighted by Gasteiger charge is 2.36. The number of hydrogen-bond acceptors (Lipinski definition) is 10. The van der Waals surface area contributed by atoms with Crippen molar-refractivity contribution in [2.75, 3.05) is 18.1 Å². The number of fused-ring (bicyclic) bond motifs is 1. The van der Waals surface area contributed by atoms with Crippen molar-refractivity contribution < 1.29 is 10.2 Å². The molecule has 12 nitrogen and oxygen atoms in total. The molecule has 150 valence electrons. The number of anilines is 1. The van der Waals surface area contributed by atoms with Gasteiger partial charge in [0.2, 0.25) is 0 Å². The van der Waals surface area contributed by atoms with Crippen molar-refractivity contribution in [3.8, 4) is 0 Å². The monoisotopic (exact) mass is 388 g/mol. The van der Waals surface area contributed by atoms with E-state index in [0.717, 1.165) is 0 Å². The molecule has 1 aliphatic rings. The van der Waals surface area contributed by atoms with Crippen molar-refractivity contribution in [2.45, 2.75) is 57.7 Å². The standard InChI is InChI=1S/C16H24N10O2/c1-8(12-20-22-23-21-12)26-14-11(19-24-26)13(17-15(18-14)16(2,3)4)25-6-5-10(28)9(25)7-27/h8-10,27-28H,5-7H2,1-4H3,(H,20,21,22,23)/t8?,9-,10-/m0/s1. The Balaban J connectivity index is 1.90. The fraction of sp³-hybridized carbons (Fsp3) is 0.688. The van der Waals surface area contributed by atoms with Gasteiger partial charge in [-0.15, -0.1) is 10.2 Å². The minimum atomic E-state index is -0.623. The third-order valence-electron chi connectivity index (χ3n) is 5.07. The number of H-pyrrole nitrogens is 1. The number of aromatic amines is 1. The van der Waals surface area contributed by atoms with Crippen LogP contribution in [0.4, 0.5) is 5.82 Å². The molecular weight excluding hydrogens is 364 g/mol. The first-order valence-corrected chi connectivity index (χ1v) is 9.24. The van der Waals surface area contributed by atoms with E-state index in [1.165, 1.54) is 0 Å². The molecule has 12 heteroatoms. The van der Waals surface area contributed by atoms with Gasteiger partial charge in [0.05, 0.1) is 18.8 Å². The summed E-state index contributed by atoms with van der Waals surface area (Å²) in [5, 5.41) is 42.5. The van der Waals surface area contributed by atoms with E-state index >= 15 is 0 Å². The molecule has 0 aliphatic carbocycles. The van der Waals surface area contributed by atoms with E-state index in [9.17, 15) is 10.2 Å². The van der Waals surface area contributed by atoms with Crippen LogP contribution >= 0.6 is 0 Å². The van der Waals surface area contributed by atoms with Crippen LogP contribution in [-0.4, -0.2) is 81.1 Å². The van der Waals surface area contributed by atoms with Crippen LogP contribution in [0.3, 0.4) is 0 Å². The van der Waals surface area contributed by atoms with Crippen LogP contribution in [0, 0.1) is 0 Å². The van der Waals surface area contributed by atoms with Crippen LogP contribution in [0.5, 0.6) is 0 Å². The summed E-state index contributed by atoms with van der Waals surface area (Å²) in [5.41, 5.74) is 0.749. The van der Waals surface area contributed by atoms with Crippen LogP contribution in [0.15, 0.2) is 0 Å². The number of nitrogens with one attached hydrogen (secondary N) is 1. The predicted octanol–water partition coefficient (Wildman–Crippen LogP) is -0.427. The van der Waals surface area contributed by atoms with Gasteiger partial charge in [-0.25, -0.2) is 19.7 Å². The number of aliphatic hydroxyl groups excluding tert-OH is 2. The minimum Gasteiger partial charge on any atom is -0.394 e. The van der Waals surface area contributed by atoms with Gasteiger partial charge in [-0.05, 0) is 23.8 Å². The number of nitrogens with zero attached hydrogens (tertiary/aromatic N) is 9. The highest BCUT2D eigenvalue weighted by Crippen LogP contribution is 2.32. The first-order chi connectivity index (χ1) is 13.3. The maximum absolute atomic E-state index is 10.2. The molecule has 3 N–H and O–H groups in total. The topological polar surface area (TPSA) is 155 Å². The maximum Gasteiger partial charge on any atom is 0.184 e. The molecule has 28 heavy (non-hydrogen) atoms. The Labute approximate surface area is 161 Å². The van der Waals surface area contributed by atoms with E-state index in [0.29, 0.717) is 41.6 Å². The molecular formula is C16H24N10O2. The fourth-order valence-corrected chi connectivity index (χ4v) is 3.39. The Bertz CT molecular complexity index is 964. The number of hydrogen-bond donors (Lipinski definition) is 3. The molecule has 1 fully saturated rings. The summed E-state index contributed by atoms with van der Waals surface area (Å²) in [5.74, 6) is 1.73. The molecule has 1 saturated heterocycles. The van der Waals surface area contributed by atoms with Gasteiger partial charge < -0.3 is 15.1 Å². The summed E-state index contributed by atoms with van der Waals surface area (Å²) in [6.07, 6.45) is -0.0714. The molecule has 3 aromatic heterocycles. The number of aliphatic hydroxyl groups is 2. The van der Waals surface area contributed by atoms with E-state index in [4.69, 9.17) is 9.97 Å². The first-order valence-electron chi connectivity index (χ1n) is 9.24. The lowest BCUT2D eigenvalue weighted by Crippen LogP contribution is -2.39. The largest absolute Gasteiger partial charge is 0.394 e. The van der Waals surface area contributed by atoms with Crippen LogP contribution in [0.2, 0.25) is 0 Å². The van der Waals surface area contributed by atoms with Crippen molar-refractivity contribution in [3.63, 3.8) is 0 Å². The summed E-state index contributed by atoms with van der Waals surface area (Å²) in [6, 6.07) is -0.750. The molecule has 0 amide bonds. The second-order valence-electron chi connectivity index (χ2n) is 8.09. The Morgan fingerprint density at radius 3 is 2.68 bits per heavy atom. The molecule has 1 unspecified atom stereocenters. The van der Waals surface area contributed by atoms with E-state index in [2.05, 4.69) is 30.9 Å². The van der Waals surface area contributed by atoms with Gasteiger partial charge in [-0.2, -0.15) is 0 Å². The molecule has 0 bridgehead atoms. The third-order valence-corrected chi connectivity index (χ3v) is 5.07. The lowest BCUT2D eigenvalue weighted by atomic mass is 9.95.